The van der Waals surface area contributed by atoms with Gasteiger partial charge in [0.1, 0.15) is 0 Å². The Morgan fingerprint density at radius 3 is 2.53 bits per heavy atom. The van der Waals surface area contributed by atoms with E-state index in [0.717, 1.165) is 5.57 Å². The average molecular weight is 204 g/mol. The Hall–Kier alpha value is -0.850. The zero-order valence-corrected chi connectivity index (χ0v) is 9.75. The summed E-state index contributed by atoms with van der Waals surface area (Å²) in [4.78, 5) is 11.7. The molecule has 1 saturated carbocycles. The van der Waals surface area contributed by atoms with Gasteiger partial charge in [-0.05, 0) is 41.7 Å². The molecule has 0 saturated heterocycles. The Labute approximate surface area is 92.3 Å². The lowest BCUT2D eigenvalue weighted by Crippen LogP contribution is -2.34. The van der Waals surface area contributed by atoms with E-state index >= 15 is 0 Å². The van der Waals surface area contributed by atoms with E-state index < -0.39 is 0 Å². The molecule has 0 spiro atoms. The summed E-state index contributed by atoms with van der Waals surface area (Å²) >= 11 is 0. The van der Waals surface area contributed by atoms with Crippen molar-refractivity contribution < 1.29 is 4.79 Å². The molecule has 0 aromatic heterocycles. The van der Waals surface area contributed by atoms with Crippen molar-refractivity contribution in [3.63, 3.8) is 0 Å². The first-order valence-electron chi connectivity index (χ1n) is 5.95. The second kappa shape index (κ2) is 3.62. The highest BCUT2D eigenvalue weighted by Gasteiger charge is 2.40. The molecule has 0 aliphatic heterocycles. The van der Waals surface area contributed by atoms with Gasteiger partial charge in [-0.15, -0.1) is 0 Å². The van der Waals surface area contributed by atoms with Crippen LogP contribution in [0.1, 0.15) is 39.5 Å². The minimum Gasteiger partial charge on any atom is -0.290 e. The van der Waals surface area contributed by atoms with Crippen molar-refractivity contribution in [3.8, 4) is 0 Å². The Morgan fingerprint density at radius 2 is 1.93 bits per heavy atom. The van der Waals surface area contributed by atoms with Gasteiger partial charge in [-0.25, -0.2) is 0 Å². The van der Waals surface area contributed by atoms with Crippen molar-refractivity contribution in [3.05, 3.63) is 24.3 Å². The van der Waals surface area contributed by atoms with Gasteiger partial charge >= 0.3 is 0 Å². The van der Waals surface area contributed by atoms with Crippen LogP contribution in [0.4, 0.5) is 0 Å². The molecule has 0 aromatic rings. The Balaban J connectivity index is 2.30. The molecule has 0 bridgehead atoms. The molecule has 2 aliphatic carbocycles. The number of hydrogen-bond acceptors (Lipinski definition) is 1. The van der Waals surface area contributed by atoms with Crippen LogP contribution < -0.4 is 0 Å². The lowest BCUT2D eigenvalue weighted by Gasteiger charge is -2.39. The van der Waals surface area contributed by atoms with Crippen molar-refractivity contribution >= 4 is 5.78 Å². The molecule has 1 fully saturated rings. The van der Waals surface area contributed by atoms with Crippen molar-refractivity contribution in [1.82, 2.24) is 0 Å². The van der Waals surface area contributed by atoms with Crippen LogP contribution in [-0.4, -0.2) is 5.78 Å². The maximum Gasteiger partial charge on any atom is 0.181 e. The quantitative estimate of drug-likeness (QED) is 0.597. The first-order chi connectivity index (χ1) is 7.02. The fourth-order valence-corrected chi connectivity index (χ4v) is 3.29. The van der Waals surface area contributed by atoms with E-state index in [-0.39, 0.29) is 11.2 Å². The molecule has 1 atom stereocenters. The van der Waals surface area contributed by atoms with Crippen LogP contribution >= 0.6 is 0 Å². The minimum absolute atomic E-state index is 0.111. The average Bonchev–Trinajstić information content (AvgIpc) is 2.65. The summed E-state index contributed by atoms with van der Waals surface area (Å²) in [6.45, 7) is 8.47. The summed E-state index contributed by atoms with van der Waals surface area (Å²) in [5, 5.41) is 0. The topological polar surface area (TPSA) is 17.1 Å². The maximum absolute atomic E-state index is 11.7. The van der Waals surface area contributed by atoms with Gasteiger partial charge in [-0.3, -0.25) is 4.79 Å². The van der Waals surface area contributed by atoms with Gasteiger partial charge in [-0.2, -0.15) is 0 Å². The second-order valence-electron chi connectivity index (χ2n) is 5.57. The van der Waals surface area contributed by atoms with Crippen LogP contribution in [-0.2, 0) is 4.79 Å². The molecule has 2 rings (SSSR count). The van der Waals surface area contributed by atoms with Gasteiger partial charge in [0.2, 0.25) is 0 Å². The molecule has 82 valence electrons. The molecule has 1 unspecified atom stereocenters. The molecule has 0 N–H and O–H groups in total. The normalized spacial score (nSPS) is 31.2. The SMILES string of the molecule is C=C1C(=O)C=CC(C)(C)C1C1CCCC1. The van der Waals surface area contributed by atoms with Crippen LogP contribution in [0.15, 0.2) is 24.3 Å². The number of rotatable bonds is 1. The van der Waals surface area contributed by atoms with Gasteiger partial charge in [0.25, 0.3) is 0 Å². The fourth-order valence-electron chi connectivity index (χ4n) is 3.29. The monoisotopic (exact) mass is 204 g/mol. The van der Waals surface area contributed by atoms with E-state index in [0.29, 0.717) is 11.8 Å². The molecule has 0 radical (unpaired) electrons. The van der Waals surface area contributed by atoms with Gasteiger partial charge in [0, 0.05) is 0 Å². The predicted molar refractivity (Wildman–Crippen MR) is 62.5 cm³/mol. The molecule has 1 nitrogen and oxygen atoms in total. The van der Waals surface area contributed by atoms with Crippen LogP contribution in [0.25, 0.3) is 0 Å². The minimum atomic E-state index is 0.111. The number of hydrogen-bond donors (Lipinski definition) is 0. The standard InChI is InChI=1S/C14H20O/c1-10-12(15)8-9-14(2,3)13(10)11-6-4-5-7-11/h8-9,11,13H,1,4-7H2,2-3H3. The second-order valence-corrected chi connectivity index (χ2v) is 5.57. The zero-order chi connectivity index (χ0) is 11.1. The highest BCUT2D eigenvalue weighted by Crippen LogP contribution is 2.47. The number of allylic oxidation sites excluding steroid dienone is 3. The molecular weight excluding hydrogens is 184 g/mol. The van der Waals surface area contributed by atoms with Gasteiger partial charge in [0.15, 0.2) is 5.78 Å². The molecule has 1 heteroatoms. The summed E-state index contributed by atoms with van der Waals surface area (Å²) in [7, 11) is 0. The van der Waals surface area contributed by atoms with E-state index in [1.165, 1.54) is 25.7 Å². The summed E-state index contributed by atoms with van der Waals surface area (Å²) in [6.07, 6.45) is 8.97. The lowest BCUT2D eigenvalue weighted by molar-refractivity contribution is -0.113. The molecule has 0 heterocycles. The van der Waals surface area contributed by atoms with Gasteiger partial charge in [0.05, 0.1) is 0 Å². The highest BCUT2D eigenvalue weighted by molar-refractivity contribution is 6.05. The van der Waals surface area contributed by atoms with Gasteiger partial charge < -0.3 is 0 Å². The third-order valence-electron chi connectivity index (χ3n) is 4.03. The van der Waals surface area contributed by atoms with Crippen LogP contribution in [0.2, 0.25) is 0 Å². The molecule has 15 heavy (non-hydrogen) atoms. The van der Waals surface area contributed by atoms with Gasteiger partial charge in [-0.1, -0.05) is 39.3 Å². The zero-order valence-electron chi connectivity index (χ0n) is 9.75. The van der Waals surface area contributed by atoms with E-state index in [1.54, 1.807) is 6.08 Å². The number of carbonyl (C=O) groups excluding carboxylic acids is 1. The van der Waals surface area contributed by atoms with Crippen molar-refractivity contribution in [2.24, 2.45) is 17.3 Å². The van der Waals surface area contributed by atoms with Crippen molar-refractivity contribution in [1.29, 1.82) is 0 Å². The maximum atomic E-state index is 11.7. The third kappa shape index (κ3) is 1.80. The number of ketones is 1. The van der Waals surface area contributed by atoms with Crippen molar-refractivity contribution in [2.75, 3.05) is 0 Å². The summed E-state index contributed by atoms with van der Waals surface area (Å²) < 4.78 is 0. The van der Waals surface area contributed by atoms with E-state index in [1.807, 2.05) is 0 Å². The summed E-state index contributed by atoms with van der Waals surface area (Å²) in [6, 6.07) is 0. The molecular formula is C14H20O. The lowest BCUT2D eigenvalue weighted by atomic mass is 9.64. The number of carbonyl (C=O) groups is 1. The van der Waals surface area contributed by atoms with Crippen LogP contribution in [0, 0.1) is 17.3 Å². The molecule has 0 aromatic carbocycles. The first kappa shape index (κ1) is 10.7. The predicted octanol–water partition coefficient (Wildman–Crippen LogP) is 3.51. The summed E-state index contributed by atoms with van der Waals surface area (Å²) in [5.74, 6) is 1.20. The third-order valence-corrected chi connectivity index (χ3v) is 4.03. The summed E-state index contributed by atoms with van der Waals surface area (Å²) in [5.41, 5.74) is 0.953. The first-order valence-corrected chi connectivity index (χ1v) is 5.95. The van der Waals surface area contributed by atoms with E-state index in [4.69, 9.17) is 0 Å². The Morgan fingerprint density at radius 1 is 1.33 bits per heavy atom. The van der Waals surface area contributed by atoms with E-state index in [9.17, 15) is 4.79 Å². The largest absolute Gasteiger partial charge is 0.290 e. The Bertz CT molecular complexity index is 316. The molecule has 2 aliphatic rings. The van der Waals surface area contributed by atoms with Crippen molar-refractivity contribution in [2.45, 2.75) is 39.5 Å². The fraction of sp³-hybridized carbons (Fsp3) is 0.643. The van der Waals surface area contributed by atoms with E-state index in [2.05, 4.69) is 26.5 Å². The van der Waals surface area contributed by atoms with Crippen LogP contribution in [0.3, 0.4) is 0 Å². The van der Waals surface area contributed by atoms with Crippen LogP contribution in [0.5, 0.6) is 0 Å². The highest BCUT2D eigenvalue weighted by atomic mass is 16.1. The Kier molecular flexibility index (Phi) is 2.57. The smallest absolute Gasteiger partial charge is 0.181 e. The molecule has 0 amide bonds.